The third kappa shape index (κ3) is 2.95. The van der Waals surface area contributed by atoms with Crippen molar-refractivity contribution in [2.75, 3.05) is 19.6 Å². The van der Waals surface area contributed by atoms with Crippen LogP contribution >= 0.6 is 0 Å². The Morgan fingerprint density at radius 3 is 2.67 bits per heavy atom. The van der Waals surface area contributed by atoms with Gasteiger partial charge in [-0.15, -0.1) is 0 Å². The van der Waals surface area contributed by atoms with Gasteiger partial charge in [0.2, 0.25) is 5.91 Å². The number of benzene rings is 1. The summed E-state index contributed by atoms with van der Waals surface area (Å²) in [4.78, 5) is 12.8. The zero-order valence-corrected chi connectivity index (χ0v) is 12.3. The lowest BCUT2D eigenvalue weighted by molar-refractivity contribution is -0.128. The molecular weight excluding hydrogens is 267 g/mol. The molecule has 1 saturated carbocycles. The van der Waals surface area contributed by atoms with Gasteiger partial charge in [0.15, 0.2) is 0 Å². The number of amides is 1. The number of hydrogen-bond donors (Lipinski definition) is 2. The molecule has 0 atom stereocenters. The van der Waals surface area contributed by atoms with Crippen molar-refractivity contribution in [1.29, 1.82) is 0 Å². The minimum absolute atomic E-state index is 0.0831. The second kappa shape index (κ2) is 6.14. The molecule has 0 unspecified atom stereocenters. The Morgan fingerprint density at radius 2 is 2.05 bits per heavy atom. The molecule has 0 bridgehead atoms. The number of carbonyl (C=O) groups is 1. The Hall–Kier alpha value is -1.42. The Balaban J connectivity index is 1.79. The van der Waals surface area contributed by atoms with Crippen molar-refractivity contribution in [1.82, 2.24) is 10.6 Å². The molecule has 1 aliphatic carbocycles. The van der Waals surface area contributed by atoms with Crippen molar-refractivity contribution in [3.8, 4) is 0 Å². The SMILES string of the molecule is O=C(NCC1CNC1)C1(c2cccc(F)c2)CCCCC1. The maximum absolute atomic E-state index is 13.6. The fourth-order valence-electron chi connectivity index (χ4n) is 3.49. The molecule has 1 aromatic rings. The van der Waals surface area contributed by atoms with Gasteiger partial charge in [-0.25, -0.2) is 4.39 Å². The van der Waals surface area contributed by atoms with Crippen LogP contribution in [0, 0.1) is 11.7 Å². The van der Waals surface area contributed by atoms with Gasteiger partial charge in [-0.3, -0.25) is 4.79 Å². The van der Waals surface area contributed by atoms with Gasteiger partial charge in [-0.2, -0.15) is 0 Å². The largest absolute Gasteiger partial charge is 0.355 e. The molecule has 0 radical (unpaired) electrons. The first-order valence-electron chi connectivity index (χ1n) is 7.96. The minimum Gasteiger partial charge on any atom is -0.355 e. The van der Waals surface area contributed by atoms with E-state index in [2.05, 4.69) is 10.6 Å². The fraction of sp³-hybridized carbons (Fsp3) is 0.588. The molecule has 3 rings (SSSR count). The van der Waals surface area contributed by atoms with E-state index in [0.29, 0.717) is 5.92 Å². The van der Waals surface area contributed by atoms with E-state index in [-0.39, 0.29) is 11.7 Å². The predicted octanol–water partition coefficient (Wildman–Crippen LogP) is 2.36. The van der Waals surface area contributed by atoms with E-state index in [1.807, 2.05) is 6.07 Å². The lowest BCUT2D eigenvalue weighted by atomic mass is 9.68. The molecule has 114 valence electrons. The summed E-state index contributed by atoms with van der Waals surface area (Å²) in [6, 6.07) is 6.59. The van der Waals surface area contributed by atoms with E-state index < -0.39 is 5.41 Å². The van der Waals surface area contributed by atoms with Crippen molar-refractivity contribution in [3.63, 3.8) is 0 Å². The van der Waals surface area contributed by atoms with Gasteiger partial charge in [0, 0.05) is 25.6 Å². The number of carbonyl (C=O) groups excluding carboxylic acids is 1. The van der Waals surface area contributed by atoms with Gasteiger partial charge in [-0.05, 0) is 30.5 Å². The number of rotatable bonds is 4. The average Bonchev–Trinajstić information content (AvgIpc) is 2.46. The van der Waals surface area contributed by atoms with Crippen LogP contribution in [0.5, 0.6) is 0 Å². The maximum atomic E-state index is 13.6. The molecule has 1 heterocycles. The van der Waals surface area contributed by atoms with Crippen molar-refractivity contribution in [3.05, 3.63) is 35.6 Å². The Bertz CT molecular complexity index is 507. The molecular formula is C17H23FN2O. The molecule has 1 saturated heterocycles. The number of hydrogen-bond acceptors (Lipinski definition) is 2. The van der Waals surface area contributed by atoms with E-state index in [1.54, 1.807) is 6.07 Å². The summed E-state index contributed by atoms with van der Waals surface area (Å²) >= 11 is 0. The highest BCUT2D eigenvalue weighted by Crippen LogP contribution is 2.40. The molecule has 3 nitrogen and oxygen atoms in total. The zero-order chi connectivity index (χ0) is 14.7. The molecule has 2 N–H and O–H groups in total. The van der Waals surface area contributed by atoms with E-state index in [4.69, 9.17) is 0 Å². The summed E-state index contributed by atoms with van der Waals surface area (Å²) in [5, 5.41) is 6.32. The van der Waals surface area contributed by atoms with E-state index in [9.17, 15) is 9.18 Å². The smallest absolute Gasteiger partial charge is 0.230 e. The van der Waals surface area contributed by atoms with Crippen LogP contribution in [0.3, 0.4) is 0 Å². The van der Waals surface area contributed by atoms with E-state index in [0.717, 1.165) is 57.3 Å². The van der Waals surface area contributed by atoms with Gasteiger partial charge < -0.3 is 10.6 Å². The quantitative estimate of drug-likeness (QED) is 0.894. The van der Waals surface area contributed by atoms with Gasteiger partial charge in [0.05, 0.1) is 5.41 Å². The van der Waals surface area contributed by atoms with Gasteiger partial charge in [0.1, 0.15) is 5.82 Å². The molecule has 1 aliphatic heterocycles. The van der Waals surface area contributed by atoms with Crippen LogP contribution < -0.4 is 10.6 Å². The highest BCUT2D eigenvalue weighted by molar-refractivity contribution is 5.88. The zero-order valence-electron chi connectivity index (χ0n) is 12.3. The Labute approximate surface area is 125 Å². The molecule has 1 aromatic carbocycles. The van der Waals surface area contributed by atoms with Gasteiger partial charge in [-0.1, -0.05) is 31.4 Å². The summed E-state index contributed by atoms with van der Waals surface area (Å²) in [6.45, 7) is 2.68. The lowest BCUT2D eigenvalue weighted by Gasteiger charge is -2.37. The van der Waals surface area contributed by atoms with Crippen LogP contribution in [-0.2, 0) is 10.2 Å². The number of nitrogens with one attached hydrogen (secondary N) is 2. The van der Waals surface area contributed by atoms with E-state index in [1.165, 1.54) is 12.1 Å². The summed E-state index contributed by atoms with van der Waals surface area (Å²) < 4.78 is 13.6. The van der Waals surface area contributed by atoms with Gasteiger partial charge in [0.25, 0.3) is 0 Å². The van der Waals surface area contributed by atoms with Crippen molar-refractivity contribution in [2.45, 2.75) is 37.5 Å². The standard InChI is InChI=1S/C17H23FN2O/c18-15-6-4-5-14(9-15)17(7-2-1-3-8-17)16(21)20-12-13-10-19-11-13/h4-6,9,13,19H,1-3,7-8,10-12H2,(H,20,21). The Kier molecular flexibility index (Phi) is 4.24. The van der Waals surface area contributed by atoms with Crippen molar-refractivity contribution < 1.29 is 9.18 Å². The molecule has 0 aromatic heterocycles. The van der Waals surface area contributed by atoms with Gasteiger partial charge >= 0.3 is 0 Å². The Morgan fingerprint density at radius 1 is 1.29 bits per heavy atom. The molecule has 0 spiro atoms. The molecule has 2 fully saturated rings. The van der Waals surface area contributed by atoms with Crippen LogP contribution in [0.25, 0.3) is 0 Å². The van der Waals surface area contributed by atoms with Crippen LogP contribution in [0.2, 0.25) is 0 Å². The first-order chi connectivity index (χ1) is 10.2. The fourth-order valence-corrected chi connectivity index (χ4v) is 3.49. The third-order valence-electron chi connectivity index (χ3n) is 4.94. The highest BCUT2D eigenvalue weighted by atomic mass is 19.1. The first kappa shape index (κ1) is 14.5. The molecule has 1 amide bonds. The van der Waals surface area contributed by atoms with Crippen LogP contribution in [0.4, 0.5) is 4.39 Å². The molecule has 4 heteroatoms. The summed E-state index contributed by atoms with van der Waals surface area (Å²) in [5.41, 5.74) is 0.309. The summed E-state index contributed by atoms with van der Waals surface area (Å²) in [6.07, 6.45) is 4.89. The monoisotopic (exact) mass is 290 g/mol. The van der Waals surface area contributed by atoms with E-state index >= 15 is 0 Å². The average molecular weight is 290 g/mol. The second-order valence-electron chi connectivity index (χ2n) is 6.39. The summed E-state index contributed by atoms with van der Waals surface area (Å²) in [5.74, 6) is 0.371. The maximum Gasteiger partial charge on any atom is 0.230 e. The molecule has 2 aliphatic rings. The van der Waals surface area contributed by atoms with Crippen LogP contribution in [-0.4, -0.2) is 25.5 Å². The normalized spacial score (nSPS) is 21.6. The molecule has 21 heavy (non-hydrogen) atoms. The minimum atomic E-state index is -0.530. The topological polar surface area (TPSA) is 41.1 Å². The van der Waals surface area contributed by atoms with Crippen LogP contribution in [0.1, 0.15) is 37.7 Å². The lowest BCUT2D eigenvalue weighted by Crippen LogP contribution is -2.52. The number of halogens is 1. The van der Waals surface area contributed by atoms with Crippen LogP contribution in [0.15, 0.2) is 24.3 Å². The van der Waals surface area contributed by atoms with Crippen molar-refractivity contribution in [2.24, 2.45) is 5.92 Å². The highest BCUT2D eigenvalue weighted by Gasteiger charge is 2.41. The first-order valence-corrected chi connectivity index (χ1v) is 7.96. The van der Waals surface area contributed by atoms with Crippen molar-refractivity contribution >= 4 is 5.91 Å². The summed E-state index contributed by atoms with van der Waals surface area (Å²) in [7, 11) is 0. The predicted molar refractivity (Wildman–Crippen MR) is 80.5 cm³/mol. The third-order valence-corrected chi connectivity index (χ3v) is 4.94. The second-order valence-corrected chi connectivity index (χ2v) is 6.39.